The summed E-state index contributed by atoms with van der Waals surface area (Å²) < 4.78 is 13.2. The van der Waals surface area contributed by atoms with Crippen molar-refractivity contribution in [3.8, 4) is 0 Å². The molecule has 0 bridgehead atoms. The molecule has 0 aliphatic heterocycles. The molecule has 3 nitrogen and oxygen atoms in total. The van der Waals surface area contributed by atoms with E-state index in [4.69, 9.17) is 11.6 Å². The molecule has 1 aromatic heterocycles. The van der Waals surface area contributed by atoms with Gasteiger partial charge in [-0.05, 0) is 36.8 Å². The van der Waals surface area contributed by atoms with Gasteiger partial charge in [-0.25, -0.2) is 4.39 Å². The van der Waals surface area contributed by atoms with Crippen LogP contribution in [0.25, 0.3) is 0 Å². The Balaban J connectivity index is 2.24. The molecule has 1 aromatic carbocycles. The summed E-state index contributed by atoms with van der Waals surface area (Å²) in [6, 6.07) is 5.82. The minimum atomic E-state index is -0.418. The molecular weight excluding hydrogens is 255 g/mol. The average molecular weight is 265 g/mol. The zero-order valence-electron chi connectivity index (χ0n) is 9.58. The smallest absolute Gasteiger partial charge is 0.258 e. The fourth-order valence-corrected chi connectivity index (χ4v) is 1.74. The van der Waals surface area contributed by atoms with Crippen LogP contribution in [-0.4, -0.2) is 10.9 Å². The molecule has 0 unspecified atom stereocenters. The van der Waals surface area contributed by atoms with Gasteiger partial charge in [0.2, 0.25) is 0 Å². The number of nitrogens with zero attached hydrogens (tertiary/aromatic N) is 1. The largest absolute Gasteiger partial charge is 0.322 e. The first-order valence-electron chi connectivity index (χ1n) is 5.24. The van der Waals surface area contributed by atoms with Gasteiger partial charge in [0, 0.05) is 18.1 Å². The lowest BCUT2D eigenvalue weighted by Crippen LogP contribution is -2.13. The summed E-state index contributed by atoms with van der Waals surface area (Å²) in [5.41, 5.74) is 1.36. The predicted octanol–water partition coefficient (Wildman–Crippen LogP) is 3.43. The summed E-state index contributed by atoms with van der Waals surface area (Å²) in [7, 11) is 0. The topological polar surface area (TPSA) is 42.0 Å². The lowest BCUT2D eigenvalue weighted by Gasteiger charge is -2.07. The molecule has 1 amide bonds. The molecule has 0 fully saturated rings. The van der Waals surface area contributed by atoms with Crippen molar-refractivity contribution < 1.29 is 9.18 Å². The number of carbonyl (C=O) groups excluding carboxylic acids is 1. The van der Waals surface area contributed by atoms with Crippen LogP contribution in [-0.2, 0) is 0 Å². The first-order valence-corrected chi connectivity index (χ1v) is 5.62. The van der Waals surface area contributed by atoms with E-state index in [-0.39, 0.29) is 5.56 Å². The number of aromatic nitrogens is 1. The lowest BCUT2D eigenvalue weighted by molar-refractivity contribution is 0.102. The molecule has 5 heteroatoms. The number of rotatable bonds is 2. The number of anilines is 1. The van der Waals surface area contributed by atoms with Crippen LogP contribution < -0.4 is 5.32 Å². The van der Waals surface area contributed by atoms with Crippen LogP contribution in [0.5, 0.6) is 0 Å². The Morgan fingerprint density at radius 2 is 2.17 bits per heavy atom. The highest BCUT2D eigenvalue weighted by atomic mass is 35.5. The van der Waals surface area contributed by atoms with E-state index >= 15 is 0 Å². The second-order valence-corrected chi connectivity index (χ2v) is 4.23. The van der Waals surface area contributed by atoms with Crippen molar-refractivity contribution >= 4 is 23.2 Å². The van der Waals surface area contributed by atoms with E-state index < -0.39 is 11.7 Å². The minimum absolute atomic E-state index is 0.251. The van der Waals surface area contributed by atoms with E-state index in [2.05, 4.69) is 10.3 Å². The highest BCUT2D eigenvalue weighted by molar-refractivity contribution is 6.34. The Hall–Kier alpha value is -1.94. The second-order valence-electron chi connectivity index (χ2n) is 3.83. The van der Waals surface area contributed by atoms with Crippen molar-refractivity contribution in [3.05, 3.63) is 58.6 Å². The van der Waals surface area contributed by atoms with Gasteiger partial charge in [0.15, 0.2) is 0 Å². The number of hydrogen-bond donors (Lipinski definition) is 1. The summed E-state index contributed by atoms with van der Waals surface area (Å²) >= 11 is 5.87. The van der Waals surface area contributed by atoms with Gasteiger partial charge < -0.3 is 5.32 Å². The van der Waals surface area contributed by atoms with Gasteiger partial charge in [-0.3, -0.25) is 9.78 Å². The quantitative estimate of drug-likeness (QED) is 0.903. The van der Waals surface area contributed by atoms with Gasteiger partial charge >= 0.3 is 0 Å². The van der Waals surface area contributed by atoms with Crippen molar-refractivity contribution in [2.45, 2.75) is 6.92 Å². The molecule has 1 heterocycles. The molecule has 2 aromatic rings. The van der Waals surface area contributed by atoms with Gasteiger partial charge in [-0.1, -0.05) is 11.6 Å². The van der Waals surface area contributed by atoms with Crippen LogP contribution in [0.3, 0.4) is 0 Å². The van der Waals surface area contributed by atoms with Gasteiger partial charge in [-0.2, -0.15) is 0 Å². The SMILES string of the molecule is Cc1cc(F)cc(NC(=O)c2cnccc2Cl)c1. The van der Waals surface area contributed by atoms with E-state index in [1.165, 1.54) is 30.6 Å². The van der Waals surface area contributed by atoms with Gasteiger partial charge in [0.1, 0.15) is 5.82 Å². The van der Waals surface area contributed by atoms with Crippen molar-refractivity contribution in [3.63, 3.8) is 0 Å². The maximum Gasteiger partial charge on any atom is 0.258 e. The van der Waals surface area contributed by atoms with Gasteiger partial charge in [-0.15, -0.1) is 0 Å². The Labute approximate surface area is 109 Å². The molecule has 0 spiro atoms. The predicted molar refractivity (Wildman–Crippen MR) is 68.3 cm³/mol. The number of nitrogens with one attached hydrogen (secondary N) is 1. The van der Waals surface area contributed by atoms with E-state index in [1.54, 1.807) is 13.0 Å². The summed E-state index contributed by atoms with van der Waals surface area (Å²) in [5.74, 6) is -0.819. The van der Waals surface area contributed by atoms with Crippen LogP contribution in [0.4, 0.5) is 10.1 Å². The summed E-state index contributed by atoms with van der Waals surface area (Å²) in [5, 5.41) is 2.88. The molecule has 18 heavy (non-hydrogen) atoms. The number of pyridine rings is 1. The molecule has 0 aliphatic carbocycles. The number of halogens is 2. The van der Waals surface area contributed by atoms with Crippen molar-refractivity contribution in [1.29, 1.82) is 0 Å². The first kappa shape index (κ1) is 12.5. The van der Waals surface area contributed by atoms with Crippen molar-refractivity contribution in [2.75, 3.05) is 5.32 Å². The van der Waals surface area contributed by atoms with Crippen LogP contribution in [0.15, 0.2) is 36.7 Å². The van der Waals surface area contributed by atoms with Gasteiger partial charge in [0.25, 0.3) is 5.91 Å². The van der Waals surface area contributed by atoms with Crippen LogP contribution in [0.2, 0.25) is 5.02 Å². The Bertz CT molecular complexity index is 581. The normalized spacial score (nSPS) is 10.2. The molecule has 0 saturated heterocycles. The average Bonchev–Trinajstić information content (AvgIpc) is 2.27. The molecule has 92 valence electrons. The summed E-state index contributed by atoms with van der Waals surface area (Å²) in [6.07, 6.45) is 2.86. The highest BCUT2D eigenvalue weighted by Gasteiger charge is 2.11. The maximum absolute atomic E-state index is 13.2. The maximum atomic E-state index is 13.2. The Morgan fingerprint density at radius 3 is 2.83 bits per heavy atom. The van der Waals surface area contributed by atoms with Gasteiger partial charge in [0.05, 0.1) is 10.6 Å². The Morgan fingerprint density at radius 1 is 1.39 bits per heavy atom. The molecule has 0 aliphatic rings. The van der Waals surface area contributed by atoms with E-state index in [1.807, 2.05) is 0 Å². The third kappa shape index (κ3) is 2.84. The summed E-state index contributed by atoms with van der Waals surface area (Å²) in [4.78, 5) is 15.7. The third-order valence-corrected chi connectivity index (χ3v) is 2.64. The number of amides is 1. The lowest BCUT2D eigenvalue weighted by atomic mass is 10.2. The Kier molecular flexibility index (Phi) is 3.58. The standard InChI is InChI=1S/C13H10ClFN2O/c1-8-4-9(15)6-10(5-8)17-13(18)11-7-16-3-2-12(11)14/h2-7H,1H3,(H,17,18). The molecule has 1 N–H and O–H groups in total. The summed E-state index contributed by atoms with van der Waals surface area (Å²) in [6.45, 7) is 1.75. The molecule has 0 radical (unpaired) electrons. The fourth-order valence-electron chi connectivity index (χ4n) is 1.55. The van der Waals surface area contributed by atoms with E-state index in [9.17, 15) is 9.18 Å². The zero-order valence-corrected chi connectivity index (χ0v) is 10.3. The van der Waals surface area contributed by atoms with E-state index in [0.717, 1.165) is 5.56 Å². The minimum Gasteiger partial charge on any atom is -0.322 e. The number of hydrogen-bond acceptors (Lipinski definition) is 2. The second kappa shape index (κ2) is 5.14. The highest BCUT2D eigenvalue weighted by Crippen LogP contribution is 2.17. The van der Waals surface area contributed by atoms with Crippen LogP contribution in [0, 0.1) is 12.7 Å². The molecule has 0 atom stereocenters. The fraction of sp³-hybridized carbons (Fsp3) is 0.0769. The number of aryl methyl sites for hydroxylation is 1. The number of carbonyl (C=O) groups is 1. The molecular formula is C13H10ClFN2O. The molecule has 0 saturated carbocycles. The van der Waals surface area contributed by atoms with Crippen LogP contribution >= 0.6 is 11.6 Å². The zero-order chi connectivity index (χ0) is 13.1. The number of benzene rings is 1. The van der Waals surface area contributed by atoms with Crippen molar-refractivity contribution in [1.82, 2.24) is 4.98 Å². The monoisotopic (exact) mass is 264 g/mol. The van der Waals surface area contributed by atoms with E-state index in [0.29, 0.717) is 10.7 Å². The van der Waals surface area contributed by atoms with Crippen molar-refractivity contribution in [2.24, 2.45) is 0 Å². The third-order valence-electron chi connectivity index (χ3n) is 2.31. The molecule has 2 rings (SSSR count). The van der Waals surface area contributed by atoms with Crippen LogP contribution in [0.1, 0.15) is 15.9 Å². The first-order chi connectivity index (χ1) is 8.56.